The molecule has 1 N–H and O–H groups in total. The van der Waals surface area contributed by atoms with E-state index in [2.05, 4.69) is 57.0 Å². The van der Waals surface area contributed by atoms with Crippen LogP contribution in [0.2, 0.25) is 0 Å². The maximum atomic E-state index is 12.9. The van der Waals surface area contributed by atoms with Gasteiger partial charge in [0.25, 0.3) is 5.91 Å². The van der Waals surface area contributed by atoms with Gasteiger partial charge in [-0.15, -0.1) is 16.4 Å². The molecule has 0 bridgehead atoms. The molecule has 0 spiro atoms. The van der Waals surface area contributed by atoms with Crippen molar-refractivity contribution in [3.05, 3.63) is 76.6 Å². The summed E-state index contributed by atoms with van der Waals surface area (Å²) >= 11 is 1.39. The van der Waals surface area contributed by atoms with Crippen molar-refractivity contribution in [2.75, 3.05) is 0 Å². The molecular formula is C22H22N6OS. The van der Waals surface area contributed by atoms with Gasteiger partial charge in [0.05, 0.1) is 17.4 Å². The number of aryl methyl sites for hydroxylation is 2. The number of carbonyl (C=O) groups is 1. The summed E-state index contributed by atoms with van der Waals surface area (Å²) in [6, 6.07) is 17.5. The Balaban J connectivity index is 1.53. The second-order valence-electron chi connectivity index (χ2n) is 6.96. The minimum atomic E-state index is -0.374. The van der Waals surface area contributed by atoms with Crippen LogP contribution in [-0.2, 0) is 6.42 Å². The van der Waals surface area contributed by atoms with Crippen LogP contribution in [0.1, 0.15) is 46.6 Å². The molecule has 1 amide bonds. The highest BCUT2D eigenvalue weighted by Gasteiger charge is 2.22. The third kappa shape index (κ3) is 3.99. The fraction of sp³-hybridized carbons (Fsp3) is 0.227. The summed E-state index contributed by atoms with van der Waals surface area (Å²) in [5.74, 6) is 0.378. The molecule has 0 aliphatic rings. The van der Waals surface area contributed by atoms with Crippen LogP contribution in [0.3, 0.4) is 0 Å². The highest BCUT2D eigenvalue weighted by atomic mass is 32.1. The molecule has 30 heavy (non-hydrogen) atoms. The van der Waals surface area contributed by atoms with E-state index >= 15 is 0 Å². The predicted molar refractivity (Wildman–Crippen MR) is 117 cm³/mol. The lowest BCUT2D eigenvalue weighted by Crippen LogP contribution is -2.28. The van der Waals surface area contributed by atoms with Crippen molar-refractivity contribution in [2.45, 2.75) is 33.2 Å². The van der Waals surface area contributed by atoms with Crippen LogP contribution in [0.4, 0.5) is 0 Å². The number of amides is 1. The van der Waals surface area contributed by atoms with E-state index in [1.165, 1.54) is 16.9 Å². The van der Waals surface area contributed by atoms with Gasteiger partial charge in [-0.25, -0.2) is 4.98 Å². The first-order valence-electron chi connectivity index (χ1n) is 9.78. The summed E-state index contributed by atoms with van der Waals surface area (Å²) < 4.78 is 1.63. The minimum absolute atomic E-state index is 0.184. The van der Waals surface area contributed by atoms with E-state index in [4.69, 9.17) is 0 Å². The van der Waals surface area contributed by atoms with Gasteiger partial charge in [0.1, 0.15) is 9.88 Å². The van der Waals surface area contributed by atoms with E-state index in [-0.39, 0.29) is 11.9 Å². The molecule has 8 heteroatoms. The lowest BCUT2D eigenvalue weighted by molar-refractivity contribution is 0.0941. The van der Waals surface area contributed by atoms with Crippen molar-refractivity contribution in [3.8, 4) is 16.3 Å². The van der Waals surface area contributed by atoms with Crippen molar-refractivity contribution < 1.29 is 4.79 Å². The molecule has 0 saturated carbocycles. The maximum absolute atomic E-state index is 12.9. The van der Waals surface area contributed by atoms with Gasteiger partial charge in [0.15, 0.2) is 5.82 Å². The average Bonchev–Trinajstić information content (AvgIpc) is 3.41. The Morgan fingerprint density at radius 3 is 2.57 bits per heavy atom. The van der Waals surface area contributed by atoms with Crippen molar-refractivity contribution in [2.24, 2.45) is 0 Å². The van der Waals surface area contributed by atoms with Crippen LogP contribution in [0.15, 0.2) is 54.6 Å². The second-order valence-corrected chi connectivity index (χ2v) is 7.96. The Hall–Kier alpha value is -3.39. The number of thiazole rings is 1. The normalized spacial score (nSPS) is 12.0. The van der Waals surface area contributed by atoms with Gasteiger partial charge in [-0.3, -0.25) is 4.79 Å². The number of nitrogens with zero attached hydrogens (tertiary/aromatic N) is 5. The summed E-state index contributed by atoms with van der Waals surface area (Å²) in [6.45, 7) is 5.85. The van der Waals surface area contributed by atoms with Gasteiger partial charge in [-0.2, -0.15) is 4.68 Å². The number of carbonyl (C=O) groups excluding carboxylic acids is 1. The molecule has 2 aromatic carbocycles. The molecule has 1 unspecified atom stereocenters. The Bertz CT molecular complexity index is 1150. The molecular weight excluding hydrogens is 396 g/mol. The van der Waals surface area contributed by atoms with Gasteiger partial charge < -0.3 is 5.32 Å². The number of nitrogens with one attached hydrogen (secondary N) is 1. The molecule has 4 rings (SSSR count). The van der Waals surface area contributed by atoms with Crippen LogP contribution in [0.25, 0.3) is 16.3 Å². The lowest BCUT2D eigenvalue weighted by atomic mass is 10.1. The molecule has 1 atom stereocenters. The van der Waals surface area contributed by atoms with Gasteiger partial charge in [0.2, 0.25) is 0 Å². The maximum Gasteiger partial charge on any atom is 0.263 e. The zero-order valence-corrected chi connectivity index (χ0v) is 17.8. The predicted octanol–water partition coefficient (Wildman–Crippen LogP) is 4.15. The fourth-order valence-corrected chi connectivity index (χ4v) is 4.13. The van der Waals surface area contributed by atoms with Gasteiger partial charge in [-0.05, 0) is 48.4 Å². The number of hydrogen-bond donors (Lipinski definition) is 1. The van der Waals surface area contributed by atoms with Gasteiger partial charge >= 0.3 is 0 Å². The van der Waals surface area contributed by atoms with Crippen LogP contribution >= 0.6 is 11.3 Å². The third-order valence-electron chi connectivity index (χ3n) is 4.84. The molecule has 152 valence electrons. The Morgan fingerprint density at radius 1 is 1.13 bits per heavy atom. The number of aromatic nitrogens is 5. The molecule has 2 aromatic heterocycles. The van der Waals surface area contributed by atoms with Crippen molar-refractivity contribution >= 4 is 17.2 Å². The first kappa shape index (κ1) is 19.9. The molecule has 4 aromatic rings. The number of hydrogen-bond acceptors (Lipinski definition) is 6. The van der Waals surface area contributed by atoms with Gasteiger partial charge in [0, 0.05) is 5.56 Å². The van der Waals surface area contributed by atoms with Crippen LogP contribution in [0, 0.1) is 6.92 Å². The van der Waals surface area contributed by atoms with Crippen LogP contribution < -0.4 is 5.32 Å². The number of rotatable bonds is 6. The first-order valence-corrected chi connectivity index (χ1v) is 10.6. The quantitative estimate of drug-likeness (QED) is 0.508. The molecule has 0 saturated heterocycles. The summed E-state index contributed by atoms with van der Waals surface area (Å²) in [6.07, 6.45) is 0.991. The van der Waals surface area contributed by atoms with E-state index in [1.807, 2.05) is 44.2 Å². The fourth-order valence-electron chi connectivity index (χ4n) is 3.16. The molecule has 2 heterocycles. The standard InChI is InChI=1S/C22H22N6OS/c1-4-16-10-12-17(13-11-16)22-24-14(2)19(30-22)21(29)23-15(3)20-25-26-27-28(20)18-8-6-5-7-9-18/h5-13,15H,4H2,1-3H3,(H,23,29). The SMILES string of the molecule is CCc1ccc(-c2nc(C)c(C(=O)NC(C)c3nnnn3-c3ccccc3)s2)cc1. The third-order valence-corrected chi connectivity index (χ3v) is 6.05. The minimum Gasteiger partial charge on any atom is -0.341 e. The van der Waals surface area contributed by atoms with E-state index in [0.29, 0.717) is 16.4 Å². The zero-order chi connectivity index (χ0) is 21.1. The number of tetrazole rings is 1. The van der Waals surface area contributed by atoms with Crippen LogP contribution in [0.5, 0.6) is 0 Å². The summed E-state index contributed by atoms with van der Waals surface area (Å²) in [7, 11) is 0. The lowest BCUT2D eigenvalue weighted by Gasteiger charge is -2.13. The largest absolute Gasteiger partial charge is 0.341 e. The van der Waals surface area contributed by atoms with Crippen molar-refractivity contribution in [1.82, 2.24) is 30.5 Å². The molecule has 0 aliphatic heterocycles. The van der Waals surface area contributed by atoms with E-state index in [9.17, 15) is 4.79 Å². The Labute approximate surface area is 178 Å². The molecule has 0 fully saturated rings. The van der Waals surface area contributed by atoms with E-state index in [1.54, 1.807) is 4.68 Å². The highest BCUT2D eigenvalue weighted by molar-refractivity contribution is 7.17. The first-order chi connectivity index (χ1) is 14.6. The molecule has 0 radical (unpaired) electrons. The van der Waals surface area contributed by atoms with Crippen molar-refractivity contribution in [3.63, 3.8) is 0 Å². The Kier molecular flexibility index (Phi) is 5.67. The average molecular weight is 419 g/mol. The van der Waals surface area contributed by atoms with Gasteiger partial charge in [-0.1, -0.05) is 49.4 Å². The van der Waals surface area contributed by atoms with E-state index in [0.717, 1.165) is 22.7 Å². The number of benzene rings is 2. The smallest absolute Gasteiger partial charge is 0.263 e. The molecule has 0 aliphatic carbocycles. The monoisotopic (exact) mass is 418 g/mol. The highest BCUT2D eigenvalue weighted by Crippen LogP contribution is 2.28. The number of para-hydroxylation sites is 1. The van der Waals surface area contributed by atoms with E-state index < -0.39 is 0 Å². The molecule has 7 nitrogen and oxygen atoms in total. The second kappa shape index (κ2) is 8.54. The van der Waals surface area contributed by atoms with Crippen LogP contribution in [-0.4, -0.2) is 31.1 Å². The Morgan fingerprint density at radius 2 is 1.87 bits per heavy atom. The zero-order valence-electron chi connectivity index (χ0n) is 17.0. The summed E-state index contributed by atoms with van der Waals surface area (Å²) in [5.41, 5.74) is 3.84. The topological polar surface area (TPSA) is 85.6 Å². The van der Waals surface area contributed by atoms with Crippen molar-refractivity contribution in [1.29, 1.82) is 0 Å². The summed E-state index contributed by atoms with van der Waals surface area (Å²) in [5, 5.41) is 15.8. The summed E-state index contributed by atoms with van der Waals surface area (Å²) in [4.78, 5) is 18.1.